The lowest BCUT2D eigenvalue weighted by Gasteiger charge is -2.30. The lowest BCUT2D eigenvalue weighted by atomic mass is 9.77. The zero-order valence-corrected chi connectivity index (χ0v) is 23.1. The number of rotatable bonds is 6. The highest BCUT2D eigenvalue weighted by molar-refractivity contribution is 7.90. The van der Waals surface area contributed by atoms with Gasteiger partial charge in [0, 0.05) is 0 Å². The fourth-order valence-electron chi connectivity index (χ4n) is 5.07. The van der Waals surface area contributed by atoms with Crippen LogP contribution in [0.1, 0.15) is 51.7 Å². The van der Waals surface area contributed by atoms with E-state index in [2.05, 4.69) is 10.3 Å². The molecule has 2 unspecified atom stereocenters. The van der Waals surface area contributed by atoms with Crippen LogP contribution in [-0.2, 0) is 37.2 Å². The number of para-hydroxylation sites is 2. The number of nitrogens with one attached hydrogen (secondary N) is 3. The predicted octanol–water partition coefficient (Wildman–Crippen LogP) is 3.83. The molecule has 1 aliphatic heterocycles. The van der Waals surface area contributed by atoms with Crippen molar-refractivity contribution >= 4 is 38.8 Å². The first-order valence-corrected chi connectivity index (χ1v) is 14.6. The molecule has 0 bridgehead atoms. The maximum absolute atomic E-state index is 13.2. The molecule has 43 heavy (non-hydrogen) atoms. The molecule has 3 aromatic carbocycles. The number of aromatic nitrogens is 2. The molecule has 2 aliphatic rings. The molecule has 0 spiro atoms. The van der Waals surface area contributed by atoms with Gasteiger partial charge in [-0.3, -0.25) is 14.3 Å². The Morgan fingerprint density at radius 2 is 1.65 bits per heavy atom. The van der Waals surface area contributed by atoms with Crippen LogP contribution < -0.4 is 10.0 Å². The van der Waals surface area contributed by atoms with Crippen molar-refractivity contribution in [3.63, 3.8) is 0 Å². The highest BCUT2D eigenvalue weighted by atomic mass is 32.2. The van der Waals surface area contributed by atoms with Gasteiger partial charge in [0.25, 0.3) is 0 Å². The number of alkyl halides is 3. The van der Waals surface area contributed by atoms with E-state index in [1.165, 1.54) is 5.56 Å². The number of aliphatic carboxylic acids is 1. The summed E-state index contributed by atoms with van der Waals surface area (Å²) in [5.41, 5.74) is 5.44. The van der Waals surface area contributed by atoms with Crippen molar-refractivity contribution < 1.29 is 41.1 Å². The van der Waals surface area contributed by atoms with Crippen LogP contribution >= 0.6 is 0 Å². The van der Waals surface area contributed by atoms with E-state index in [-0.39, 0.29) is 18.2 Å². The summed E-state index contributed by atoms with van der Waals surface area (Å²) in [4.78, 5) is 41.8. The monoisotopic (exact) mass is 614 g/mol. The first kappa shape index (κ1) is 29.8. The Kier molecular flexibility index (Phi) is 7.97. The third kappa shape index (κ3) is 6.53. The van der Waals surface area contributed by atoms with Gasteiger partial charge < -0.3 is 15.4 Å². The number of carboxylic acid groups (broad SMARTS) is 1. The number of halogens is 3. The summed E-state index contributed by atoms with van der Waals surface area (Å²) in [6, 6.07) is 22.4. The van der Waals surface area contributed by atoms with E-state index < -0.39 is 39.4 Å². The van der Waals surface area contributed by atoms with E-state index in [9.17, 15) is 31.2 Å². The van der Waals surface area contributed by atoms with Crippen LogP contribution in [-0.4, -0.2) is 47.5 Å². The molecular formula is C29H25F3N4O6S. The van der Waals surface area contributed by atoms with Crippen molar-refractivity contribution in [2.24, 2.45) is 0 Å². The van der Waals surface area contributed by atoms with Crippen LogP contribution in [0.2, 0.25) is 0 Å². The van der Waals surface area contributed by atoms with E-state index in [4.69, 9.17) is 14.9 Å². The van der Waals surface area contributed by atoms with Crippen LogP contribution in [0.4, 0.5) is 13.2 Å². The number of H-pyrrole nitrogens is 1. The molecule has 2 amide bonds. The summed E-state index contributed by atoms with van der Waals surface area (Å²) in [5, 5.41) is 9.43. The molecule has 6 rings (SSSR count). The summed E-state index contributed by atoms with van der Waals surface area (Å²) in [6.07, 6.45) is -3.98. The fourth-order valence-corrected chi connectivity index (χ4v) is 6.50. The lowest BCUT2D eigenvalue weighted by Crippen LogP contribution is -2.38. The molecule has 1 saturated heterocycles. The van der Waals surface area contributed by atoms with Crippen molar-refractivity contribution in [1.29, 1.82) is 0 Å². The van der Waals surface area contributed by atoms with Gasteiger partial charge in [0.15, 0.2) is 0 Å². The number of carbonyl (C=O) groups excluding carboxylic acids is 2. The second-order valence-corrected chi connectivity index (χ2v) is 12.0. The van der Waals surface area contributed by atoms with E-state index in [0.717, 1.165) is 22.2 Å². The third-order valence-electron chi connectivity index (χ3n) is 7.26. The van der Waals surface area contributed by atoms with Crippen LogP contribution in [0.5, 0.6) is 0 Å². The summed E-state index contributed by atoms with van der Waals surface area (Å²) in [6.45, 7) is 0. The molecule has 0 radical (unpaired) electrons. The molecule has 10 nitrogen and oxygen atoms in total. The van der Waals surface area contributed by atoms with Crippen molar-refractivity contribution in [2.75, 3.05) is 0 Å². The maximum atomic E-state index is 13.2. The molecule has 1 aromatic heterocycles. The highest BCUT2D eigenvalue weighted by Crippen LogP contribution is 2.36. The van der Waals surface area contributed by atoms with E-state index >= 15 is 0 Å². The Labute approximate surface area is 243 Å². The van der Waals surface area contributed by atoms with Gasteiger partial charge in [-0.05, 0) is 47.2 Å². The largest absolute Gasteiger partial charge is 0.490 e. The van der Waals surface area contributed by atoms with E-state index in [0.29, 0.717) is 24.2 Å². The molecule has 4 aromatic rings. The average Bonchev–Trinajstić information content (AvgIpc) is 3.48. The Hall–Kier alpha value is -4.72. The predicted molar refractivity (Wildman–Crippen MR) is 148 cm³/mol. The molecule has 14 heteroatoms. The SMILES string of the molecule is O=C(O)C(F)(F)F.O=C1CC(c2ccc(C[C@H](NC(=O)C3Cc4ccccc43)c3nc4ccccc4[nH]3)cc2)S(=O)(=O)N1. The van der Waals surface area contributed by atoms with Gasteiger partial charge in [-0.1, -0.05) is 60.7 Å². The number of aromatic amines is 1. The standard InChI is InChI=1S/C27H24N4O4S.C2HF3O2/c32-25-15-24(36(34,35)31-25)17-11-9-16(10-12-17)13-23(26-28-21-7-3-4-8-22(21)29-26)30-27(33)20-14-18-5-1-2-6-19(18)20;3-2(4,5)1(6)7/h1-12,20,23-24H,13-15H2,(H,28,29)(H,30,33)(H,31,32);(H,6,7)/t20?,23-,24?;/m0./s1. The van der Waals surface area contributed by atoms with Crippen molar-refractivity contribution in [1.82, 2.24) is 20.0 Å². The maximum Gasteiger partial charge on any atom is 0.490 e. The normalized spacial score (nSPS) is 19.3. The molecule has 4 N–H and O–H groups in total. The first-order chi connectivity index (χ1) is 20.3. The molecular weight excluding hydrogens is 589 g/mol. The summed E-state index contributed by atoms with van der Waals surface area (Å²) in [7, 11) is -3.70. The van der Waals surface area contributed by atoms with Gasteiger partial charge in [-0.2, -0.15) is 13.2 Å². The number of imidazole rings is 1. The van der Waals surface area contributed by atoms with Crippen LogP contribution in [0.3, 0.4) is 0 Å². The number of hydrogen-bond acceptors (Lipinski definition) is 6. The number of carbonyl (C=O) groups is 3. The van der Waals surface area contributed by atoms with Crippen LogP contribution in [0, 0.1) is 0 Å². The van der Waals surface area contributed by atoms with Gasteiger partial charge in [-0.25, -0.2) is 18.2 Å². The minimum Gasteiger partial charge on any atom is -0.475 e. The molecule has 2 heterocycles. The minimum absolute atomic E-state index is 0.0441. The number of nitrogens with zero attached hydrogens (tertiary/aromatic N) is 1. The minimum atomic E-state index is -5.08. The number of carboxylic acids is 1. The topological polar surface area (TPSA) is 158 Å². The molecule has 1 fully saturated rings. The van der Waals surface area contributed by atoms with Crippen LogP contribution in [0.15, 0.2) is 72.8 Å². The first-order valence-electron chi connectivity index (χ1n) is 13.1. The number of fused-ring (bicyclic) bond motifs is 2. The molecule has 1 aliphatic carbocycles. The average molecular weight is 615 g/mol. The quantitative estimate of drug-likeness (QED) is 0.257. The number of sulfonamides is 1. The molecule has 224 valence electrons. The second kappa shape index (κ2) is 11.5. The molecule has 3 atom stereocenters. The van der Waals surface area contributed by atoms with Crippen molar-refractivity contribution in [3.8, 4) is 0 Å². The molecule has 0 saturated carbocycles. The van der Waals surface area contributed by atoms with Crippen molar-refractivity contribution in [2.45, 2.75) is 42.6 Å². The Bertz CT molecular complexity index is 1770. The number of hydrogen-bond donors (Lipinski definition) is 4. The van der Waals surface area contributed by atoms with Gasteiger partial charge >= 0.3 is 12.1 Å². The van der Waals surface area contributed by atoms with Crippen LogP contribution in [0.25, 0.3) is 11.0 Å². The van der Waals surface area contributed by atoms with E-state index in [1.54, 1.807) is 12.1 Å². The summed E-state index contributed by atoms with van der Waals surface area (Å²) in [5.74, 6) is -2.82. The third-order valence-corrected chi connectivity index (χ3v) is 8.96. The zero-order valence-electron chi connectivity index (χ0n) is 22.3. The smallest absolute Gasteiger partial charge is 0.475 e. The number of amides is 2. The van der Waals surface area contributed by atoms with E-state index in [1.807, 2.05) is 65.4 Å². The van der Waals surface area contributed by atoms with Gasteiger partial charge in [0.2, 0.25) is 21.8 Å². The Balaban J connectivity index is 0.000000472. The lowest BCUT2D eigenvalue weighted by molar-refractivity contribution is -0.192. The van der Waals surface area contributed by atoms with Gasteiger partial charge in [-0.15, -0.1) is 0 Å². The Morgan fingerprint density at radius 1 is 1.00 bits per heavy atom. The van der Waals surface area contributed by atoms with Gasteiger partial charge in [0.1, 0.15) is 11.1 Å². The van der Waals surface area contributed by atoms with Crippen molar-refractivity contribution in [3.05, 3.63) is 101 Å². The highest BCUT2D eigenvalue weighted by Gasteiger charge is 2.39. The number of benzene rings is 3. The van der Waals surface area contributed by atoms with Gasteiger partial charge in [0.05, 0.1) is 29.4 Å². The Morgan fingerprint density at radius 3 is 2.26 bits per heavy atom. The second-order valence-electron chi connectivity index (χ2n) is 10.2. The summed E-state index contributed by atoms with van der Waals surface area (Å²) >= 11 is 0. The zero-order chi connectivity index (χ0) is 30.9. The fraction of sp³-hybridized carbons (Fsp3) is 0.241. The summed E-state index contributed by atoms with van der Waals surface area (Å²) < 4.78 is 58.2.